The van der Waals surface area contributed by atoms with Crippen LogP contribution in [0.25, 0.3) is 0 Å². The number of esters is 1. The molecule has 1 amide bonds. The van der Waals surface area contributed by atoms with Crippen LogP contribution >= 0.6 is 11.6 Å². The number of amides is 1. The summed E-state index contributed by atoms with van der Waals surface area (Å²) in [7, 11) is 0. The van der Waals surface area contributed by atoms with E-state index in [2.05, 4.69) is 5.32 Å². The zero-order valence-corrected chi connectivity index (χ0v) is 16.2. The van der Waals surface area contributed by atoms with Crippen LogP contribution in [0.15, 0.2) is 18.2 Å². The fourth-order valence-corrected chi connectivity index (χ4v) is 3.07. The molecular weight excluding hydrogens is 358 g/mol. The Morgan fingerprint density at radius 3 is 2.42 bits per heavy atom. The van der Waals surface area contributed by atoms with Crippen LogP contribution in [-0.4, -0.2) is 35.6 Å². The first kappa shape index (κ1) is 20.1. The van der Waals surface area contributed by atoms with Crippen molar-refractivity contribution < 1.29 is 23.9 Å². The van der Waals surface area contributed by atoms with Crippen molar-refractivity contribution in [2.24, 2.45) is 5.92 Å². The summed E-state index contributed by atoms with van der Waals surface area (Å²) in [6, 6.07) is 4.63. The summed E-state index contributed by atoms with van der Waals surface area (Å²) in [5.74, 6) is -4.07. The van der Waals surface area contributed by atoms with Crippen LogP contribution in [0.4, 0.5) is 0 Å². The van der Waals surface area contributed by atoms with Crippen LogP contribution in [0.1, 0.15) is 50.5 Å². The lowest BCUT2D eigenvalue weighted by molar-refractivity contribution is -0.155. The standard InChI is InChI=1S/C19H22ClNO5/c1-18(2,3)26-13(22)9-21-17(25)14-15(23)11-7-6-10(20)8-12(11)19(4,5)16(14)24/h6-8,14H,9H2,1-5H3,(H,21,25). The molecule has 0 saturated heterocycles. The molecule has 0 spiro atoms. The van der Waals surface area contributed by atoms with Gasteiger partial charge in [-0.3, -0.25) is 19.2 Å². The minimum atomic E-state index is -1.50. The maximum atomic E-state index is 12.8. The lowest BCUT2D eigenvalue weighted by atomic mass is 9.66. The molecule has 1 atom stereocenters. The van der Waals surface area contributed by atoms with E-state index in [1.807, 2.05) is 0 Å². The molecule has 140 valence electrons. The average molecular weight is 380 g/mol. The van der Waals surface area contributed by atoms with Gasteiger partial charge < -0.3 is 10.1 Å². The zero-order chi connectivity index (χ0) is 19.9. The van der Waals surface area contributed by atoms with Crippen LogP contribution in [0.3, 0.4) is 0 Å². The second kappa shape index (κ2) is 6.83. The highest BCUT2D eigenvalue weighted by molar-refractivity contribution is 6.32. The van der Waals surface area contributed by atoms with Gasteiger partial charge in [0.2, 0.25) is 5.91 Å². The molecule has 1 unspecified atom stereocenters. The first-order valence-corrected chi connectivity index (χ1v) is 8.60. The number of hydrogen-bond acceptors (Lipinski definition) is 5. The van der Waals surface area contributed by atoms with Gasteiger partial charge >= 0.3 is 5.97 Å². The number of rotatable bonds is 3. The molecule has 1 N–H and O–H groups in total. The van der Waals surface area contributed by atoms with Gasteiger partial charge in [0.15, 0.2) is 17.5 Å². The van der Waals surface area contributed by atoms with Crippen LogP contribution in [0, 0.1) is 5.92 Å². The molecular formula is C19H22ClNO5. The molecule has 6 nitrogen and oxygen atoms in total. The van der Waals surface area contributed by atoms with Crippen molar-refractivity contribution >= 4 is 35.0 Å². The lowest BCUT2D eigenvalue weighted by Gasteiger charge is -2.34. The van der Waals surface area contributed by atoms with E-state index in [0.717, 1.165) is 0 Å². The normalized spacial score (nSPS) is 18.9. The molecule has 2 rings (SSSR count). The third-order valence-electron chi connectivity index (χ3n) is 4.15. The molecule has 0 radical (unpaired) electrons. The van der Waals surface area contributed by atoms with Crippen molar-refractivity contribution in [1.82, 2.24) is 5.32 Å². The molecule has 1 aliphatic carbocycles. The minimum absolute atomic E-state index is 0.288. The first-order valence-electron chi connectivity index (χ1n) is 8.22. The van der Waals surface area contributed by atoms with Crippen molar-refractivity contribution in [2.75, 3.05) is 6.54 Å². The van der Waals surface area contributed by atoms with Crippen molar-refractivity contribution in [3.05, 3.63) is 34.3 Å². The summed E-state index contributed by atoms with van der Waals surface area (Å²) in [5.41, 5.74) is -0.965. The maximum Gasteiger partial charge on any atom is 0.325 e. The molecule has 0 saturated carbocycles. The molecule has 0 heterocycles. The minimum Gasteiger partial charge on any atom is -0.459 e. The second-order valence-corrected chi connectivity index (χ2v) is 8.22. The predicted molar refractivity (Wildman–Crippen MR) is 96.2 cm³/mol. The van der Waals surface area contributed by atoms with Crippen LogP contribution in [0.5, 0.6) is 0 Å². The zero-order valence-electron chi connectivity index (χ0n) is 15.4. The maximum absolute atomic E-state index is 12.8. The van der Waals surface area contributed by atoms with E-state index < -0.39 is 46.9 Å². The van der Waals surface area contributed by atoms with E-state index in [0.29, 0.717) is 10.6 Å². The number of ether oxygens (including phenoxy) is 1. The number of nitrogens with one attached hydrogen (secondary N) is 1. The Morgan fingerprint density at radius 1 is 1.23 bits per heavy atom. The van der Waals surface area contributed by atoms with Crippen molar-refractivity contribution in [3.8, 4) is 0 Å². The molecule has 0 bridgehead atoms. The number of carbonyl (C=O) groups excluding carboxylic acids is 4. The van der Waals surface area contributed by atoms with Gasteiger partial charge in [0.05, 0.1) is 5.41 Å². The van der Waals surface area contributed by atoms with E-state index in [9.17, 15) is 19.2 Å². The highest BCUT2D eigenvalue weighted by Gasteiger charge is 2.49. The molecule has 0 fully saturated rings. The number of carbonyl (C=O) groups is 4. The second-order valence-electron chi connectivity index (χ2n) is 7.78. The van der Waals surface area contributed by atoms with E-state index in [1.54, 1.807) is 46.8 Å². The summed E-state index contributed by atoms with van der Waals surface area (Å²) in [5, 5.41) is 2.74. The quantitative estimate of drug-likeness (QED) is 0.643. The van der Waals surface area contributed by atoms with Gasteiger partial charge in [-0.25, -0.2) is 0 Å². The molecule has 7 heteroatoms. The van der Waals surface area contributed by atoms with Crippen LogP contribution in [0.2, 0.25) is 5.02 Å². The number of hydrogen-bond donors (Lipinski definition) is 1. The highest BCUT2D eigenvalue weighted by atomic mass is 35.5. The van der Waals surface area contributed by atoms with Gasteiger partial charge in [0.1, 0.15) is 12.1 Å². The van der Waals surface area contributed by atoms with Crippen LogP contribution in [-0.2, 0) is 24.5 Å². The predicted octanol–water partition coefficient (Wildman–Crippen LogP) is 2.46. The lowest BCUT2D eigenvalue weighted by Crippen LogP contribution is -2.51. The monoisotopic (exact) mass is 379 g/mol. The van der Waals surface area contributed by atoms with E-state index in [1.165, 1.54) is 6.07 Å². The van der Waals surface area contributed by atoms with Crippen molar-refractivity contribution in [2.45, 2.75) is 45.6 Å². The fraction of sp³-hybridized carbons (Fsp3) is 0.474. The molecule has 1 aliphatic rings. The third kappa shape index (κ3) is 3.96. The molecule has 1 aromatic carbocycles. The summed E-state index contributed by atoms with van der Waals surface area (Å²) >= 11 is 5.98. The first-order chi connectivity index (χ1) is 11.8. The van der Waals surface area contributed by atoms with Crippen molar-refractivity contribution in [1.29, 1.82) is 0 Å². The average Bonchev–Trinajstić information content (AvgIpc) is 2.50. The highest BCUT2D eigenvalue weighted by Crippen LogP contribution is 2.38. The third-order valence-corrected chi connectivity index (χ3v) is 4.39. The van der Waals surface area contributed by atoms with Gasteiger partial charge in [-0.15, -0.1) is 0 Å². The number of ketones is 2. The Labute approximate surface area is 157 Å². The number of Topliss-reactive ketones (excluding diaryl/α,β-unsaturated/α-hetero) is 2. The van der Waals surface area contributed by atoms with Crippen LogP contribution < -0.4 is 5.32 Å². The Balaban J connectivity index is 2.23. The largest absolute Gasteiger partial charge is 0.459 e. The van der Waals surface area contributed by atoms with E-state index >= 15 is 0 Å². The van der Waals surface area contributed by atoms with E-state index in [-0.39, 0.29) is 5.56 Å². The number of fused-ring (bicyclic) bond motifs is 1. The number of benzene rings is 1. The Morgan fingerprint density at radius 2 is 1.85 bits per heavy atom. The summed E-state index contributed by atoms with van der Waals surface area (Å²) < 4.78 is 5.10. The fourth-order valence-electron chi connectivity index (χ4n) is 2.89. The Hall–Kier alpha value is -2.21. The summed E-state index contributed by atoms with van der Waals surface area (Å²) in [6.45, 7) is 7.97. The van der Waals surface area contributed by atoms with Gasteiger partial charge in [-0.05, 0) is 58.4 Å². The van der Waals surface area contributed by atoms with Gasteiger partial charge in [0.25, 0.3) is 0 Å². The Kier molecular flexibility index (Phi) is 5.29. The summed E-state index contributed by atoms with van der Waals surface area (Å²) in [6.07, 6.45) is 0. The van der Waals surface area contributed by atoms with Crippen molar-refractivity contribution in [3.63, 3.8) is 0 Å². The molecule has 0 aromatic heterocycles. The number of halogens is 1. The van der Waals surface area contributed by atoms with Gasteiger partial charge in [-0.1, -0.05) is 11.6 Å². The van der Waals surface area contributed by atoms with Gasteiger partial charge in [-0.2, -0.15) is 0 Å². The Bertz CT molecular complexity index is 792. The summed E-state index contributed by atoms with van der Waals surface area (Å²) in [4.78, 5) is 49.7. The molecule has 1 aromatic rings. The molecule has 26 heavy (non-hydrogen) atoms. The SMILES string of the molecule is CC(C)(C)OC(=O)CNC(=O)C1C(=O)c2ccc(Cl)cc2C(C)(C)C1=O. The van der Waals surface area contributed by atoms with E-state index in [4.69, 9.17) is 16.3 Å². The smallest absolute Gasteiger partial charge is 0.325 e. The molecule has 0 aliphatic heterocycles. The topological polar surface area (TPSA) is 89.5 Å². The van der Waals surface area contributed by atoms with Gasteiger partial charge in [0, 0.05) is 10.6 Å².